The van der Waals surface area contributed by atoms with Gasteiger partial charge in [-0.15, -0.1) is 0 Å². The highest BCUT2D eigenvalue weighted by Crippen LogP contribution is 2.39. The molecule has 1 fully saturated rings. The number of rotatable bonds is 15. The van der Waals surface area contributed by atoms with Gasteiger partial charge in [-0.2, -0.15) is 11.8 Å². The Labute approximate surface area is 168 Å². The molecule has 6 heteroatoms. The van der Waals surface area contributed by atoms with Gasteiger partial charge in [-0.1, -0.05) is 52.4 Å². The number of aliphatic carboxylic acids is 1. The highest BCUT2D eigenvalue weighted by Gasteiger charge is 2.41. The van der Waals surface area contributed by atoms with Gasteiger partial charge in [-0.25, -0.2) is 0 Å². The lowest BCUT2D eigenvalue weighted by Crippen LogP contribution is -2.27. The van der Waals surface area contributed by atoms with Crippen molar-refractivity contribution in [1.82, 2.24) is 0 Å². The zero-order chi connectivity index (χ0) is 20.2. The largest absolute Gasteiger partial charge is 0.481 e. The summed E-state index contributed by atoms with van der Waals surface area (Å²) in [7, 11) is 0. The zero-order valence-electron chi connectivity index (χ0n) is 17.1. The third-order valence-electron chi connectivity index (χ3n) is 5.83. The van der Waals surface area contributed by atoms with Crippen molar-refractivity contribution in [1.29, 1.82) is 0 Å². The lowest BCUT2D eigenvalue weighted by atomic mass is 9.94. The van der Waals surface area contributed by atoms with Crippen molar-refractivity contribution in [3.05, 3.63) is 0 Å². The Morgan fingerprint density at radius 1 is 1.04 bits per heavy atom. The van der Waals surface area contributed by atoms with E-state index in [1.807, 2.05) is 6.92 Å². The standard InChI is InChI=1S/C21H40O5S/c1-3-5-7-11-16(22)14-27-20-17(18(23)13-19(20)24)12-9-6-8-10-15(4-2)21(25)26/h15-20,22-24H,3-14H2,1-2H3,(H,25,26). The smallest absolute Gasteiger partial charge is 0.306 e. The number of carboxylic acids is 1. The predicted molar refractivity (Wildman–Crippen MR) is 111 cm³/mol. The van der Waals surface area contributed by atoms with E-state index in [0.717, 1.165) is 51.4 Å². The van der Waals surface area contributed by atoms with Crippen molar-refractivity contribution in [2.45, 2.75) is 108 Å². The number of hydrogen-bond acceptors (Lipinski definition) is 5. The molecule has 0 heterocycles. The van der Waals surface area contributed by atoms with Crippen molar-refractivity contribution in [3.8, 4) is 0 Å². The van der Waals surface area contributed by atoms with Crippen molar-refractivity contribution in [2.75, 3.05) is 5.75 Å². The van der Waals surface area contributed by atoms with Crippen LogP contribution in [0, 0.1) is 11.8 Å². The quantitative estimate of drug-likeness (QED) is 0.310. The molecule has 6 unspecified atom stereocenters. The van der Waals surface area contributed by atoms with Crippen LogP contribution in [0.1, 0.15) is 84.5 Å². The van der Waals surface area contributed by atoms with Gasteiger partial charge in [0.25, 0.3) is 0 Å². The van der Waals surface area contributed by atoms with Gasteiger partial charge in [0.15, 0.2) is 0 Å². The van der Waals surface area contributed by atoms with Crippen LogP contribution in [0.4, 0.5) is 0 Å². The molecule has 4 N–H and O–H groups in total. The normalized spacial score (nSPS) is 27.6. The predicted octanol–water partition coefficient (Wildman–Crippen LogP) is 3.83. The molecule has 5 nitrogen and oxygen atoms in total. The van der Waals surface area contributed by atoms with Gasteiger partial charge in [-0.3, -0.25) is 4.79 Å². The van der Waals surface area contributed by atoms with Gasteiger partial charge < -0.3 is 20.4 Å². The number of aliphatic hydroxyl groups excluding tert-OH is 3. The van der Waals surface area contributed by atoms with E-state index >= 15 is 0 Å². The maximum atomic E-state index is 11.1. The van der Waals surface area contributed by atoms with Gasteiger partial charge in [0.2, 0.25) is 0 Å². The second-order valence-corrected chi connectivity index (χ2v) is 9.27. The average Bonchev–Trinajstić information content (AvgIpc) is 2.89. The van der Waals surface area contributed by atoms with Crippen molar-refractivity contribution >= 4 is 17.7 Å². The summed E-state index contributed by atoms with van der Waals surface area (Å²) in [6, 6.07) is 0. The summed E-state index contributed by atoms with van der Waals surface area (Å²) in [5, 5.41) is 39.8. The number of thioether (sulfide) groups is 1. The van der Waals surface area contributed by atoms with Gasteiger partial charge in [-0.05, 0) is 31.6 Å². The van der Waals surface area contributed by atoms with E-state index in [9.17, 15) is 20.1 Å². The Balaban J connectivity index is 2.33. The van der Waals surface area contributed by atoms with E-state index < -0.39 is 18.2 Å². The first-order valence-corrected chi connectivity index (χ1v) is 11.8. The van der Waals surface area contributed by atoms with E-state index in [1.165, 1.54) is 0 Å². The monoisotopic (exact) mass is 404 g/mol. The Morgan fingerprint density at radius 2 is 1.74 bits per heavy atom. The summed E-state index contributed by atoms with van der Waals surface area (Å²) in [4.78, 5) is 11.1. The Bertz CT molecular complexity index is 406. The van der Waals surface area contributed by atoms with E-state index in [-0.39, 0.29) is 23.2 Å². The molecule has 1 aliphatic rings. The minimum atomic E-state index is -0.708. The average molecular weight is 405 g/mol. The fraction of sp³-hybridized carbons (Fsp3) is 0.952. The van der Waals surface area contributed by atoms with Crippen LogP contribution in [-0.4, -0.2) is 55.7 Å². The van der Waals surface area contributed by atoms with E-state index in [4.69, 9.17) is 5.11 Å². The summed E-state index contributed by atoms with van der Waals surface area (Å²) in [6.45, 7) is 4.06. The van der Waals surface area contributed by atoms with E-state index in [0.29, 0.717) is 25.0 Å². The highest BCUT2D eigenvalue weighted by atomic mass is 32.2. The number of unbranched alkanes of at least 4 members (excludes halogenated alkanes) is 4. The Kier molecular flexibility index (Phi) is 12.6. The molecular weight excluding hydrogens is 364 g/mol. The van der Waals surface area contributed by atoms with Crippen LogP contribution >= 0.6 is 11.8 Å². The van der Waals surface area contributed by atoms with Crippen molar-refractivity contribution in [2.24, 2.45) is 11.8 Å². The molecule has 0 aromatic heterocycles. The minimum Gasteiger partial charge on any atom is -0.481 e. The van der Waals surface area contributed by atoms with Gasteiger partial charge >= 0.3 is 5.97 Å². The Morgan fingerprint density at radius 3 is 2.37 bits per heavy atom. The third kappa shape index (κ3) is 9.16. The van der Waals surface area contributed by atoms with Gasteiger partial charge in [0, 0.05) is 17.4 Å². The van der Waals surface area contributed by atoms with E-state index in [2.05, 4.69) is 6.92 Å². The van der Waals surface area contributed by atoms with Crippen LogP contribution in [-0.2, 0) is 4.79 Å². The molecule has 160 valence electrons. The molecule has 1 saturated carbocycles. The second-order valence-electron chi connectivity index (χ2n) is 8.06. The summed E-state index contributed by atoms with van der Waals surface area (Å²) in [5.74, 6) is -0.276. The fourth-order valence-electron chi connectivity index (χ4n) is 4.04. The molecule has 0 spiro atoms. The number of carbonyl (C=O) groups is 1. The first-order chi connectivity index (χ1) is 12.9. The summed E-state index contributed by atoms with van der Waals surface area (Å²) in [6.07, 6.45) is 8.25. The van der Waals surface area contributed by atoms with Crippen LogP contribution in [0.3, 0.4) is 0 Å². The summed E-state index contributed by atoms with van der Waals surface area (Å²) >= 11 is 1.61. The summed E-state index contributed by atoms with van der Waals surface area (Å²) in [5.41, 5.74) is 0. The molecular formula is C21H40O5S. The first-order valence-electron chi connectivity index (χ1n) is 10.8. The van der Waals surface area contributed by atoms with Gasteiger partial charge in [0.05, 0.1) is 24.2 Å². The zero-order valence-corrected chi connectivity index (χ0v) is 17.9. The molecule has 0 radical (unpaired) electrons. The molecule has 0 aromatic carbocycles. The fourth-order valence-corrected chi connectivity index (χ4v) is 5.55. The molecule has 1 aliphatic carbocycles. The Hall–Kier alpha value is -0.300. The topological polar surface area (TPSA) is 98.0 Å². The maximum Gasteiger partial charge on any atom is 0.306 e. The molecule has 0 saturated heterocycles. The molecule has 27 heavy (non-hydrogen) atoms. The highest BCUT2D eigenvalue weighted by molar-refractivity contribution is 8.00. The third-order valence-corrected chi connectivity index (χ3v) is 7.46. The van der Waals surface area contributed by atoms with Crippen LogP contribution in [0.5, 0.6) is 0 Å². The van der Waals surface area contributed by atoms with Gasteiger partial charge in [0.1, 0.15) is 0 Å². The minimum absolute atomic E-state index is 0.0109. The van der Waals surface area contributed by atoms with Crippen LogP contribution in [0.2, 0.25) is 0 Å². The second kappa shape index (κ2) is 13.8. The lowest BCUT2D eigenvalue weighted by molar-refractivity contribution is -0.142. The lowest BCUT2D eigenvalue weighted by Gasteiger charge is -2.24. The summed E-state index contributed by atoms with van der Waals surface area (Å²) < 4.78 is 0. The molecule has 0 aromatic rings. The molecule has 0 bridgehead atoms. The van der Waals surface area contributed by atoms with Crippen molar-refractivity contribution in [3.63, 3.8) is 0 Å². The molecule has 6 atom stereocenters. The number of aliphatic hydroxyl groups is 3. The van der Waals surface area contributed by atoms with E-state index in [1.54, 1.807) is 11.8 Å². The maximum absolute atomic E-state index is 11.1. The SMILES string of the molecule is CCCCCC(O)CSC1C(O)CC(O)C1CCCCCC(CC)C(=O)O. The van der Waals surface area contributed by atoms with Crippen molar-refractivity contribution < 1.29 is 25.2 Å². The van der Waals surface area contributed by atoms with Crippen LogP contribution in [0.25, 0.3) is 0 Å². The number of hydrogen-bond donors (Lipinski definition) is 4. The molecule has 0 aliphatic heterocycles. The molecule has 1 rings (SSSR count). The number of carboxylic acid groups (broad SMARTS) is 1. The first kappa shape index (κ1) is 24.7. The van der Waals surface area contributed by atoms with Crippen LogP contribution < -0.4 is 0 Å². The van der Waals surface area contributed by atoms with Crippen LogP contribution in [0.15, 0.2) is 0 Å². The molecule has 0 amide bonds.